The summed E-state index contributed by atoms with van der Waals surface area (Å²) in [6, 6.07) is 169. The Kier molecular flexibility index (Phi) is 23.1. The first-order chi connectivity index (χ1) is 56.8. The minimum absolute atomic E-state index is 1.11. The molecule has 0 saturated carbocycles. The highest BCUT2D eigenvalue weighted by atomic mass is 15.2. The van der Waals surface area contributed by atoms with Crippen LogP contribution in [0.4, 0.5) is 85.3 Å². The van der Waals surface area contributed by atoms with Crippen molar-refractivity contribution < 1.29 is 0 Å². The van der Waals surface area contributed by atoms with Gasteiger partial charge in [-0.3, -0.25) is 0 Å². The standard InChI is InChI=1S/2C37H30N2.C35H28N2/c1-38(36-21-11-17-31(27-36)29-13-5-2-6-14-29)33-23-25-35(26-24-33)39(34-19-9-4-10-20-34)37-22-12-18-32(28-37)30-15-7-3-8-16-30;1-38(33-22-20-31(21-23-33)29-12-5-2-6-13-29)34-24-26-36(27-25-34)39(35-17-9-4-10-18-35)37-19-11-16-32(28-37)30-14-7-3-8-15-30;1-36(34-20-19-28-13-8-9-14-29(28)25-34)31-21-23-33(24-22-31)37(32-16-6-3-7-17-32)35-18-10-15-30(26-35)27-11-4-2-5-12-27/h2*2-28H,1H3;2-26H,1H3. The first kappa shape index (κ1) is 74.1. The summed E-state index contributed by atoms with van der Waals surface area (Å²) in [5.74, 6) is 0. The molecule has 115 heavy (non-hydrogen) atoms. The summed E-state index contributed by atoms with van der Waals surface area (Å²) in [5.41, 5.74) is 29.1. The SMILES string of the molecule is CN(c1ccc(-c2ccccc2)cc1)c1ccc(N(c2ccccc2)c2cccc(-c3ccccc3)c2)cc1.CN(c1ccc(N(c2ccccc2)c2cccc(-c3ccccc3)c2)cc1)c1ccc2ccccc2c1.CN(c1ccc(N(c2ccccc2)c2cccc(-c3ccccc3)c2)cc1)c1cccc(-c2ccccc2)c1. The Balaban J connectivity index is 0.000000130. The zero-order valence-corrected chi connectivity index (χ0v) is 64.8. The second kappa shape index (κ2) is 35.8. The predicted molar refractivity (Wildman–Crippen MR) is 492 cm³/mol. The molecule has 554 valence electrons. The van der Waals surface area contributed by atoms with Crippen molar-refractivity contribution in [2.45, 2.75) is 0 Å². The molecule has 0 aliphatic carbocycles. The number of rotatable bonds is 20. The second-order valence-corrected chi connectivity index (χ2v) is 28.3. The van der Waals surface area contributed by atoms with Gasteiger partial charge in [0.15, 0.2) is 0 Å². The van der Waals surface area contributed by atoms with Crippen LogP contribution >= 0.6 is 0 Å². The Bertz CT molecular complexity index is 6100. The van der Waals surface area contributed by atoms with E-state index in [0.717, 1.165) is 79.6 Å². The average Bonchev–Trinajstić information content (AvgIpc) is 0.779. The molecule has 6 heteroatoms. The van der Waals surface area contributed by atoms with Gasteiger partial charge in [-0.2, -0.15) is 0 Å². The molecule has 0 fully saturated rings. The van der Waals surface area contributed by atoms with Gasteiger partial charge in [-0.05, 0) is 248 Å². The number of hydrogen-bond donors (Lipinski definition) is 0. The molecule has 0 unspecified atom stereocenters. The van der Waals surface area contributed by atoms with Gasteiger partial charge in [0.1, 0.15) is 0 Å². The molecule has 0 bridgehead atoms. The maximum absolute atomic E-state index is 2.31. The van der Waals surface area contributed by atoms with E-state index in [-0.39, 0.29) is 0 Å². The third-order valence-corrected chi connectivity index (χ3v) is 21.0. The molecule has 0 heterocycles. The Morgan fingerprint density at radius 1 is 0.113 bits per heavy atom. The molecule has 0 spiro atoms. The summed E-state index contributed by atoms with van der Waals surface area (Å²) in [6.07, 6.45) is 0. The van der Waals surface area contributed by atoms with Crippen LogP contribution in [0.5, 0.6) is 0 Å². The fourth-order valence-corrected chi connectivity index (χ4v) is 14.8. The number of para-hydroxylation sites is 3. The summed E-state index contributed by atoms with van der Waals surface area (Å²) in [6.45, 7) is 0. The highest BCUT2D eigenvalue weighted by Gasteiger charge is 2.19. The van der Waals surface area contributed by atoms with Gasteiger partial charge in [0, 0.05) is 106 Å². The molecular weight excluding hydrogens is 1390 g/mol. The number of hydrogen-bond acceptors (Lipinski definition) is 6. The van der Waals surface area contributed by atoms with E-state index in [9.17, 15) is 0 Å². The van der Waals surface area contributed by atoms with Crippen LogP contribution in [0.1, 0.15) is 0 Å². The van der Waals surface area contributed by atoms with Gasteiger partial charge in [0.25, 0.3) is 0 Å². The Hall–Kier alpha value is -15.0. The normalized spacial score (nSPS) is 10.7. The summed E-state index contributed by atoms with van der Waals surface area (Å²) in [4.78, 5) is 13.6. The van der Waals surface area contributed by atoms with Gasteiger partial charge < -0.3 is 29.4 Å². The van der Waals surface area contributed by atoms with Gasteiger partial charge in [-0.15, -0.1) is 0 Å². The van der Waals surface area contributed by atoms with E-state index in [2.05, 4.69) is 524 Å². The number of anilines is 15. The van der Waals surface area contributed by atoms with Crippen LogP contribution in [0.3, 0.4) is 0 Å². The Morgan fingerprint density at radius 2 is 0.296 bits per heavy atom. The molecule has 0 aliphatic rings. The van der Waals surface area contributed by atoms with Crippen LogP contribution in [-0.2, 0) is 0 Å². The summed E-state index contributed by atoms with van der Waals surface area (Å²) in [7, 11) is 6.36. The summed E-state index contributed by atoms with van der Waals surface area (Å²) >= 11 is 0. The van der Waals surface area contributed by atoms with Crippen LogP contribution < -0.4 is 29.4 Å². The molecule has 0 aromatic heterocycles. The molecule has 0 radical (unpaired) electrons. The number of fused-ring (bicyclic) bond motifs is 1. The first-order valence-corrected chi connectivity index (χ1v) is 39.1. The van der Waals surface area contributed by atoms with Crippen molar-refractivity contribution in [3.63, 3.8) is 0 Å². The molecular formula is C109H88N6. The smallest absolute Gasteiger partial charge is 0.0467 e. The maximum Gasteiger partial charge on any atom is 0.0467 e. The zero-order valence-electron chi connectivity index (χ0n) is 64.8. The summed E-state index contributed by atoms with van der Waals surface area (Å²) < 4.78 is 0. The van der Waals surface area contributed by atoms with E-state index in [0.29, 0.717) is 0 Å². The molecule has 0 atom stereocenters. The lowest BCUT2D eigenvalue weighted by Gasteiger charge is -2.27. The van der Waals surface area contributed by atoms with E-state index in [1.807, 2.05) is 6.07 Å². The molecule has 18 aromatic rings. The van der Waals surface area contributed by atoms with Gasteiger partial charge in [0.05, 0.1) is 0 Å². The van der Waals surface area contributed by atoms with Crippen LogP contribution in [-0.4, -0.2) is 21.1 Å². The van der Waals surface area contributed by atoms with E-state index < -0.39 is 0 Å². The topological polar surface area (TPSA) is 19.4 Å². The lowest BCUT2D eigenvalue weighted by atomic mass is 10.0. The van der Waals surface area contributed by atoms with Crippen molar-refractivity contribution in [3.8, 4) is 55.6 Å². The van der Waals surface area contributed by atoms with Crippen LogP contribution in [0, 0.1) is 0 Å². The van der Waals surface area contributed by atoms with Gasteiger partial charge in [-0.1, -0.05) is 297 Å². The van der Waals surface area contributed by atoms with E-state index in [1.165, 1.54) is 72.1 Å². The van der Waals surface area contributed by atoms with E-state index in [1.54, 1.807) is 0 Å². The van der Waals surface area contributed by atoms with Crippen molar-refractivity contribution in [1.82, 2.24) is 0 Å². The summed E-state index contributed by atoms with van der Waals surface area (Å²) in [5, 5.41) is 2.50. The van der Waals surface area contributed by atoms with Crippen molar-refractivity contribution in [2.24, 2.45) is 0 Å². The van der Waals surface area contributed by atoms with Crippen molar-refractivity contribution in [1.29, 1.82) is 0 Å². The van der Waals surface area contributed by atoms with Crippen LogP contribution in [0.15, 0.2) is 479 Å². The Labute approximate surface area is 677 Å². The first-order valence-electron chi connectivity index (χ1n) is 39.1. The van der Waals surface area contributed by atoms with E-state index >= 15 is 0 Å². The molecule has 18 aromatic carbocycles. The quantitative estimate of drug-likeness (QED) is 0.0752. The van der Waals surface area contributed by atoms with Crippen LogP contribution in [0.25, 0.3) is 66.4 Å². The predicted octanol–water partition coefficient (Wildman–Crippen LogP) is 30.3. The average molecular weight is 1480 g/mol. The highest BCUT2D eigenvalue weighted by molar-refractivity contribution is 5.89. The minimum atomic E-state index is 1.11. The fraction of sp³-hybridized carbons (Fsp3) is 0.0275. The molecule has 0 saturated heterocycles. The van der Waals surface area contributed by atoms with Crippen molar-refractivity contribution >= 4 is 96.1 Å². The molecule has 0 aliphatic heterocycles. The third kappa shape index (κ3) is 17.8. The minimum Gasteiger partial charge on any atom is -0.345 e. The van der Waals surface area contributed by atoms with Crippen LogP contribution in [0.2, 0.25) is 0 Å². The van der Waals surface area contributed by atoms with Gasteiger partial charge >= 0.3 is 0 Å². The maximum atomic E-state index is 2.31. The number of nitrogens with zero attached hydrogens (tertiary/aromatic N) is 6. The van der Waals surface area contributed by atoms with Crippen molar-refractivity contribution in [2.75, 3.05) is 50.5 Å². The van der Waals surface area contributed by atoms with E-state index in [4.69, 9.17) is 0 Å². The zero-order chi connectivity index (χ0) is 77.9. The van der Waals surface area contributed by atoms with Gasteiger partial charge in [0.2, 0.25) is 0 Å². The monoisotopic (exact) mass is 1480 g/mol. The second-order valence-electron chi connectivity index (χ2n) is 28.3. The number of benzene rings is 18. The lowest BCUT2D eigenvalue weighted by molar-refractivity contribution is 1.20. The van der Waals surface area contributed by atoms with Crippen molar-refractivity contribution in [3.05, 3.63) is 479 Å². The fourth-order valence-electron chi connectivity index (χ4n) is 14.8. The molecule has 6 nitrogen and oxygen atoms in total. The third-order valence-electron chi connectivity index (χ3n) is 21.0. The lowest BCUT2D eigenvalue weighted by Crippen LogP contribution is -2.12. The largest absolute Gasteiger partial charge is 0.345 e. The molecule has 0 amide bonds. The van der Waals surface area contributed by atoms with Gasteiger partial charge in [-0.25, -0.2) is 0 Å². The molecule has 18 rings (SSSR count). The Morgan fingerprint density at radius 3 is 0.609 bits per heavy atom. The highest BCUT2D eigenvalue weighted by Crippen LogP contribution is 2.43. The molecule has 0 N–H and O–H groups in total.